The normalized spacial score (nSPS) is 17.1. The van der Waals surface area contributed by atoms with Gasteiger partial charge in [-0.25, -0.2) is 0 Å². The molecule has 1 unspecified atom stereocenters. The quantitative estimate of drug-likeness (QED) is 0.855. The van der Waals surface area contributed by atoms with Crippen LogP contribution in [0.3, 0.4) is 0 Å². The molecule has 21 heavy (non-hydrogen) atoms. The molecule has 1 aromatic carbocycles. The molecule has 1 heterocycles. The summed E-state index contributed by atoms with van der Waals surface area (Å²) < 4.78 is 5.42. The van der Waals surface area contributed by atoms with E-state index >= 15 is 0 Å². The third-order valence-electron chi connectivity index (χ3n) is 3.42. The van der Waals surface area contributed by atoms with E-state index in [1.807, 2.05) is 24.3 Å². The Morgan fingerprint density at radius 3 is 2.81 bits per heavy atom. The summed E-state index contributed by atoms with van der Waals surface area (Å²) in [6.07, 6.45) is 2.01. The molecular weight excluding hydrogens is 266 g/mol. The lowest BCUT2D eigenvalue weighted by atomic mass is 10.1. The molecule has 1 aliphatic heterocycles. The van der Waals surface area contributed by atoms with Crippen LogP contribution in [0.5, 0.6) is 0 Å². The molecule has 0 saturated carbocycles. The van der Waals surface area contributed by atoms with Gasteiger partial charge in [-0.3, -0.25) is 4.79 Å². The van der Waals surface area contributed by atoms with Crippen LogP contribution in [0.1, 0.15) is 30.4 Å². The number of aliphatic hydroxyl groups excluding tert-OH is 1. The van der Waals surface area contributed by atoms with Crippen LogP contribution < -0.4 is 0 Å². The van der Waals surface area contributed by atoms with Gasteiger partial charge in [-0.2, -0.15) is 0 Å². The van der Waals surface area contributed by atoms with Crippen molar-refractivity contribution in [2.75, 3.05) is 20.3 Å². The molecule has 1 aromatic rings. The zero-order valence-corrected chi connectivity index (χ0v) is 12.3. The average molecular weight is 287 g/mol. The highest BCUT2D eigenvalue weighted by molar-refractivity contribution is 5.80. The first kappa shape index (κ1) is 15.6. The van der Waals surface area contributed by atoms with Gasteiger partial charge in [0.15, 0.2) is 0 Å². The molecular formula is C17H21NO3. The van der Waals surface area contributed by atoms with Crippen molar-refractivity contribution in [3.63, 3.8) is 0 Å². The van der Waals surface area contributed by atoms with E-state index in [4.69, 9.17) is 9.84 Å². The lowest BCUT2D eigenvalue weighted by molar-refractivity contribution is -0.140. The molecule has 1 N–H and O–H groups in total. The van der Waals surface area contributed by atoms with Crippen LogP contribution in [0, 0.1) is 11.8 Å². The second-order valence-corrected chi connectivity index (χ2v) is 5.17. The number of ether oxygens (including phenoxy) is 1. The Kier molecular flexibility index (Phi) is 5.79. The van der Waals surface area contributed by atoms with Crippen molar-refractivity contribution in [3.05, 3.63) is 35.4 Å². The van der Waals surface area contributed by atoms with Crippen LogP contribution in [0.15, 0.2) is 24.3 Å². The van der Waals surface area contributed by atoms with Crippen LogP contribution >= 0.6 is 0 Å². The summed E-state index contributed by atoms with van der Waals surface area (Å²) in [5.74, 6) is 5.92. The first-order valence-corrected chi connectivity index (χ1v) is 7.26. The van der Waals surface area contributed by atoms with Crippen molar-refractivity contribution in [1.29, 1.82) is 0 Å². The zero-order valence-electron chi connectivity index (χ0n) is 12.3. The fourth-order valence-corrected chi connectivity index (χ4v) is 2.28. The highest BCUT2D eigenvalue weighted by atomic mass is 16.5. The summed E-state index contributed by atoms with van der Waals surface area (Å²) in [5.41, 5.74) is 1.98. The highest BCUT2D eigenvalue weighted by Gasteiger charge is 2.26. The Balaban J connectivity index is 1.90. The van der Waals surface area contributed by atoms with Crippen LogP contribution in [-0.4, -0.2) is 42.3 Å². The second kappa shape index (κ2) is 7.82. The van der Waals surface area contributed by atoms with Crippen molar-refractivity contribution in [2.45, 2.75) is 31.9 Å². The fourth-order valence-electron chi connectivity index (χ4n) is 2.28. The summed E-state index contributed by atoms with van der Waals surface area (Å²) >= 11 is 0. The van der Waals surface area contributed by atoms with Gasteiger partial charge in [0.2, 0.25) is 0 Å². The summed E-state index contributed by atoms with van der Waals surface area (Å²) in [5, 5.41) is 8.68. The Morgan fingerprint density at radius 2 is 2.19 bits per heavy atom. The number of hydrogen-bond acceptors (Lipinski definition) is 3. The van der Waals surface area contributed by atoms with Crippen molar-refractivity contribution in [1.82, 2.24) is 4.90 Å². The van der Waals surface area contributed by atoms with E-state index in [0.717, 1.165) is 24.0 Å². The lowest BCUT2D eigenvalue weighted by Crippen LogP contribution is -2.35. The maximum atomic E-state index is 12.1. The molecule has 1 aliphatic rings. The monoisotopic (exact) mass is 287 g/mol. The van der Waals surface area contributed by atoms with E-state index in [1.54, 1.807) is 11.9 Å². The first-order chi connectivity index (χ1) is 10.2. The molecule has 0 aromatic heterocycles. The summed E-state index contributed by atoms with van der Waals surface area (Å²) in [7, 11) is 1.80. The smallest absolute Gasteiger partial charge is 0.251 e. The molecule has 2 rings (SSSR count). The topological polar surface area (TPSA) is 49.8 Å². The summed E-state index contributed by atoms with van der Waals surface area (Å²) in [4.78, 5) is 13.9. The molecule has 1 fully saturated rings. The molecule has 1 atom stereocenters. The van der Waals surface area contributed by atoms with E-state index in [1.165, 1.54) is 0 Å². The van der Waals surface area contributed by atoms with Crippen LogP contribution in [-0.2, 0) is 16.1 Å². The zero-order chi connectivity index (χ0) is 15.1. The Hall–Kier alpha value is -1.83. The number of amides is 1. The molecule has 0 spiro atoms. The predicted octanol–water partition coefficient (Wildman–Crippen LogP) is 1.56. The number of carbonyl (C=O) groups excluding carboxylic acids is 1. The largest absolute Gasteiger partial charge is 0.395 e. The first-order valence-electron chi connectivity index (χ1n) is 7.26. The number of hydrogen-bond donors (Lipinski definition) is 1. The van der Waals surface area contributed by atoms with E-state index in [0.29, 0.717) is 19.6 Å². The van der Waals surface area contributed by atoms with Crippen LogP contribution in [0.25, 0.3) is 0 Å². The van der Waals surface area contributed by atoms with E-state index in [2.05, 4.69) is 11.8 Å². The average Bonchev–Trinajstić information content (AvgIpc) is 3.02. The van der Waals surface area contributed by atoms with Gasteiger partial charge in [0.05, 0.1) is 6.61 Å². The van der Waals surface area contributed by atoms with Crippen molar-refractivity contribution in [2.24, 2.45) is 0 Å². The molecule has 4 heteroatoms. The third kappa shape index (κ3) is 4.59. The fraction of sp³-hybridized carbons (Fsp3) is 0.471. The maximum Gasteiger partial charge on any atom is 0.251 e. The van der Waals surface area contributed by atoms with Crippen LogP contribution in [0.4, 0.5) is 0 Å². The SMILES string of the molecule is CN(Cc1ccc(C#CCCO)cc1)C(=O)C1CCCO1. The van der Waals surface area contributed by atoms with Crippen molar-refractivity contribution in [3.8, 4) is 11.8 Å². The van der Waals surface area contributed by atoms with Gasteiger partial charge in [-0.15, -0.1) is 0 Å². The third-order valence-corrected chi connectivity index (χ3v) is 3.42. The van der Waals surface area contributed by atoms with Gasteiger partial charge in [0.1, 0.15) is 6.10 Å². The van der Waals surface area contributed by atoms with Crippen LogP contribution in [0.2, 0.25) is 0 Å². The van der Waals surface area contributed by atoms with E-state index in [9.17, 15) is 4.79 Å². The van der Waals surface area contributed by atoms with Crippen molar-refractivity contribution < 1.29 is 14.6 Å². The minimum atomic E-state index is -0.265. The van der Waals surface area contributed by atoms with Crippen molar-refractivity contribution >= 4 is 5.91 Å². The van der Waals surface area contributed by atoms with Gasteiger partial charge in [-0.1, -0.05) is 24.0 Å². The Labute approximate surface area is 125 Å². The van der Waals surface area contributed by atoms with Gasteiger partial charge in [0.25, 0.3) is 5.91 Å². The molecule has 1 saturated heterocycles. The molecule has 4 nitrogen and oxygen atoms in total. The lowest BCUT2D eigenvalue weighted by Gasteiger charge is -2.20. The summed E-state index contributed by atoms with van der Waals surface area (Å²) in [6, 6.07) is 7.82. The van der Waals surface area contributed by atoms with Gasteiger partial charge in [0, 0.05) is 32.2 Å². The number of rotatable bonds is 4. The molecule has 1 amide bonds. The summed E-state index contributed by atoms with van der Waals surface area (Å²) in [6.45, 7) is 1.34. The second-order valence-electron chi connectivity index (χ2n) is 5.17. The predicted molar refractivity (Wildman–Crippen MR) is 80.5 cm³/mol. The number of benzene rings is 1. The van der Waals surface area contributed by atoms with E-state index in [-0.39, 0.29) is 18.6 Å². The minimum absolute atomic E-state index is 0.0549. The van der Waals surface area contributed by atoms with Gasteiger partial charge < -0.3 is 14.7 Å². The number of nitrogens with zero attached hydrogens (tertiary/aromatic N) is 1. The number of likely N-dealkylation sites (N-methyl/N-ethyl adjacent to an activating group) is 1. The number of aliphatic hydroxyl groups is 1. The number of carbonyl (C=O) groups is 1. The Morgan fingerprint density at radius 1 is 1.43 bits per heavy atom. The minimum Gasteiger partial charge on any atom is -0.395 e. The standard InChI is InChI=1S/C17H21NO3/c1-18(17(20)16-6-4-12-21-16)13-15-9-7-14(8-10-15)5-2-3-11-19/h7-10,16,19H,3-4,6,11-13H2,1H3. The molecule has 0 bridgehead atoms. The molecule has 112 valence electrons. The Bertz CT molecular complexity index is 521. The van der Waals surface area contributed by atoms with Gasteiger partial charge in [-0.05, 0) is 30.5 Å². The van der Waals surface area contributed by atoms with Gasteiger partial charge >= 0.3 is 0 Å². The highest BCUT2D eigenvalue weighted by Crippen LogP contribution is 2.15. The molecule has 0 aliphatic carbocycles. The van der Waals surface area contributed by atoms with E-state index < -0.39 is 0 Å². The maximum absolute atomic E-state index is 12.1. The molecule has 0 radical (unpaired) electrons.